The van der Waals surface area contributed by atoms with Gasteiger partial charge in [-0.15, -0.1) is 0 Å². The number of nitrogens with zero attached hydrogens (tertiary/aromatic N) is 4. The molecule has 0 amide bonds. The zero-order valence-electron chi connectivity index (χ0n) is 18.9. The third-order valence-electron chi connectivity index (χ3n) is 5.94. The Labute approximate surface area is 203 Å². The number of fused-ring (bicyclic) bond motifs is 1. The fourth-order valence-electron chi connectivity index (χ4n) is 4.25. The van der Waals surface area contributed by atoms with Crippen LogP contribution in [0.5, 0.6) is 0 Å². The minimum atomic E-state index is -1.49. The van der Waals surface area contributed by atoms with Gasteiger partial charge in [0.15, 0.2) is 5.60 Å². The fraction of sp³-hybridized carbons (Fsp3) is 0.107. The highest BCUT2D eigenvalue weighted by atomic mass is 35.5. The second-order valence-electron chi connectivity index (χ2n) is 8.28. The maximum atomic E-state index is 12.1. The van der Waals surface area contributed by atoms with Crippen LogP contribution in [0.15, 0.2) is 97.5 Å². The molecule has 0 saturated heterocycles. The molecule has 3 aromatic heterocycles. The Morgan fingerprint density at radius 1 is 0.824 bits per heavy atom. The molecule has 6 heteroatoms. The summed E-state index contributed by atoms with van der Waals surface area (Å²) in [7, 11) is 3.91. The number of hydrogen-bond donors (Lipinski definition) is 1. The molecule has 168 valence electrons. The van der Waals surface area contributed by atoms with E-state index in [1.165, 1.54) is 0 Å². The number of anilines is 1. The van der Waals surface area contributed by atoms with Crippen LogP contribution in [0.3, 0.4) is 0 Å². The predicted molar refractivity (Wildman–Crippen MR) is 137 cm³/mol. The van der Waals surface area contributed by atoms with Gasteiger partial charge in [-0.25, -0.2) is 4.98 Å². The first-order valence-electron chi connectivity index (χ1n) is 10.9. The lowest BCUT2D eigenvalue weighted by atomic mass is 9.83. The van der Waals surface area contributed by atoms with Crippen molar-refractivity contribution in [3.8, 4) is 11.1 Å². The highest BCUT2D eigenvalue weighted by Crippen LogP contribution is 2.42. The van der Waals surface area contributed by atoms with Crippen LogP contribution in [-0.4, -0.2) is 34.2 Å². The van der Waals surface area contributed by atoms with Crippen LogP contribution >= 0.6 is 11.6 Å². The molecular formula is C28H23ClN4O. The van der Waals surface area contributed by atoms with Crippen LogP contribution in [0.2, 0.25) is 5.02 Å². The van der Waals surface area contributed by atoms with E-state index in [0.717, 1.165) is 27.8 Å². The van der Waals surface area contributed by atoms with Crippen molar-refractivity contribution in [2.24, 2.45) is 0 Å². The van der Waals surface area contributed by atoms with E-state index in [4.69, 9.17) is 16.6 Å². The summed E-state index contributed by atoms with van der Waals surface area (Å²) in [6, 6.07) is 24.8. The summed E-state index contributed by atoms with van der Waals surface area (Å²) in [6.45, 7) is 0. The molecule has 0 aliphatic rings. The minimum Gasteiger partial charge on any atom is -0.374 e. The summed E-state index contributed by atoms with van der Waals surface area (Å²) in [5, 5.41) is 13.5. The monoisotopic (exact) mass is 466 g/mol. The van der Waals surface area contributed by atoms with Gasteiger partial charge < -0.3 is 10.0 Å². The first-order chi connectivity index (χ1) is 16.5. The lowest BCUT2D eigenvalue weighted by Gasteiger charge is -2.29. The minimum absolute atomic E-state index is 0.512. The lowest BCUT2D eigenvalue weighted by Crippen LogP contribution is -2.30. The van der Waals surface area contributed by atoms with Gasteiger partial charge >= 0.3 is 0 Å². The second-order valence-corrected chi connectivity index (χ2v) is 8.66. The zero-order valence-corrected chi connectivity index (χ0v) is 19.6. The smallest absolute Gasteiger partial charge is 0.157 e. The normalized spacial score (nSPS) is 12.9. The molecule has 1 N–H and O–H groups in total. The Bertz CT molecular complexity index is 1400. The Balaban J connectivity index is 1.80. The van der Waals surface area contributed by atoms with Gasteiger partial charge in [0.1, 0.15) is 5.82 Å². The van der Waals surface area contributed by atoms with E-state index in [9.17, 15) is 5.11 Å². The Morgan fingerprint density at radius 2 is 1.56 bits per heavy atom. The second kappa shape index (κ2) is 8.86. The molecule has 0 spiro atoms. The Kier molecular flexibility index (Phi) is 5.74. The molecule has 0 aliphatic heterocycles. The van der Waals surface area contributed by atoms with E-state index < -0.39 is 5.60 Å². The Hall–Kier alpha value is -3.80. The summed E-state index contributed by atoms with van der Waals surface area (Å²) in [4.78, 5) is 15.5. The van der Waals surface area contributed by atoms with Crippen molar-refractivity contribution in [1.29, 1.82) is 0 Å². The van der Waals surface area contributed by atoms with E-state index in [2.05, 4.69) is 9.97 Å². The number of pyridine rings is 3. The molecule has 3 heterocycles. The first kappa shape index (κ1) is 22.0. The largest absolute Gasteiger partial charge is 0.374 e. The summed E-state index contributed by atoms with van der Waals surface area (Å²) in [5.41, 5.74) is 2.90. The summed E-state index contributed by atoms with van der Waals surface area (Å²) >= 11 is 7.07. The van der Waals surface area contributed by atoms with Crippen LogP contribution in [0.1, 0.15) is 16.8 Å². The first-order valence-corrected chi connectivity index (χ1v) is 11.3. The quantitative estimate of drug-likeness (QED) is 0.360. The molecule has 5 aromatic rings. The van der Waals surface area contributed by atoms with Crippen LogP contribution in [0.25, 0.3) is 22.0 Å². The molecular weight excluding hydrogens is 444 g/mol. The van der Waals surface area contributed by atoms with E-state index in [0.29, 0.717) is 21.8 Å². The number of rotatable bonds is 5. The van der Waals surface area contributed by atoms with Crippen LogP contribution in [0.4, 0.5) is 5.82 Å². The zero-order chi connectivity index (χ0) is 23.7. The van der Waals surface area contributed by atoms with Crippen molar-refractivity contribution >= 4 is 28.3 Å². The lowest BCUT2D eigenvalue weighted by molar-refractivity contribution is 0.121. The van der Waals surface area contributed by atoms with Crippen molar-refractivity contribution in [1.82, 2.24) is 15.0 Å². The van der Waals surface area contributed by atoms with Gasteiger partial charge in [-0.1, -0.05) is 54.1 Å². The average molecular weight is 467 g/mol. The molecule has 0 fully saturated rings. The van der Waals surface area contributed by atoms with Crippen LogP contribution in [-0.2, 0) is 5.60 Å². The molecule has 1 unspecified atom stereocenters. The van der Waals surface area contributed by atoms with E-state index in [1.807, 2.05) is 85.7 Å². The summed E-state index contributed by atoms with van der Waals surface area (Å²) in [6.07, 6.45) is 5.00. The highest BCUT2D eigenvalue weighted by molar-refractivity contribution is 6.38. The highest BCUT2D eigenvalue weighted by Gasteiger charge is 2.35. The van der Waals surface area contributed by atoms with Crippen molar-refractivity contribution < 1.29 is 5.11 Å². The van der Waals surface area contributed by atoms with Gasteiger partial charge in [0.2, 0.25) is 0 Å². The number of aromatic nitrogens is 3. The van der Waals surface area contributed by atoms with Crippen molar-refractivity contribution in [2.45, 2.75) is 5.60 Å². The average Bonchev–Trinajstić information content (AvgIpc) is 2.89. The maximum absolute atomic E-state index is 12.1. The third kappa shape index (κ3) is 3.69. The summed E-state index contributed by atoms with van der Waals surface area (Å²) < 4.78 is 0. The van der Waals surface area contributed by atoms with Gasteiger partial charge in [-0.3, -0.25) is 9.97 Å². The molecule has 2 aromatic carbocycles. The molecule has 1 atom stereocenters. The Morgan fingerprint density at radius 3 is 2.24 bits per heavy atom. The van der Waals surface area contributed by atoms with E-state index in [-0.39, 0.29) is 0 Å². The van der Waals surface area contributed by atoms with Gasteiger partial charge in [-0.2, -0.15) is 0 Å². The molecule has 5 nitrogen and oxygen atoms in total. The predicted octanol–water partition coefficient (Wildman–Crippen LogP) is 5.70. The van der Waals surface area contributed by atoms with Gasteiger partial charge in [0.25, 0.3) is 0 Å². The topological polar surface area (TPSA) is 62.1 Å². The number of hydrogen-bond acceptors (Lipinski definition) is 5. The molecule has 0 aliphatic carbocycles. The molecule has 0 radical (unpaired) electrons. The fourth-order valence-corrected chi connectivity index (χ4v) is 4.60. The van der Waals surface area contributed by atoms with Crippen molar-refractivity contribution in [3.05, 3.63) is 119 Å². The SMILES string of the molecule is CN(C)c1nc2ccc(C(O)(c3ccncc3)c3ccccn3)cc2c(Cl)c1-c1ccccc1. The molecule has 5 rings (SSSR count). The number of halogens is 1. The van der Waals surface area contributed by atoms with Gasteiger partial charge in [-0.05, 0) is 53.1 Å². The number of aliphatic hydroxyl groups is 1. The van der Waals surface area contributed by atoms with E-state index in [1.54, 1.807) is 30.7 Å². The van der Waals surface area contributed by atoms with Crippen molar-refractivity contribution in [2.75, 3.05) is 19.0 Å². The molecule has 34 heavy (non-hydrogen) atoms. The molecule has 0 bridgehead atoms. The number of benzene rings is 2. The maximum Gasteiger partial charge on any atom is 0.157 e. The molecule has 0 saturated carbocycles. The van der Waals surface area contributed by atoms with E-state index >= 15 is 0 Å². The standard InChI is InChI=1S/C28H23ClN4O/c1-33(2)27-25(19-8-4-3-5-9-19)26(29)22-18-21(11-12-23(22)32-27)28(34,20-13-16-30-17-14-20)24-10-6-7-15-31-24/h3-18,34H,1-2H3. The van der Waals surface area contributed by atoms with Gasteiger partial charge in [0.05, 0.1) is 16.2 Å². The third-order valence-corrected chi connectivity index (χ3v) is 6.33. The van der Waals surface area contributed by atoms with Crippen LogP contribution < -0.4 is 4.90 Å². The van der Waals surface area contributed by atoms with Gasteiger partial charge in [0, 0.05) is 43.6 Å². The van der Waals surface area contributed by atoms with Crippen molar-refractivity contribution in [3.63, 3.8) is 0 Å². The summed E-state index contributed by atoms with van der Waals surface area (Å²) in [5.74, 6) is 0.783. The van der Waals surface area contributed by atoms with Crippen LogP contribution in [0, 0.1) is 0 Å².